The molecular weight excluding hydrogens is 584 g/mol. The molecule has 4 saturated carbocycles. The number of allylic oxidation sites excluding steroid dienone is 2. The van der Waals surface area contributed by atoms with Crippen LogP contribution in [0.5, 0.6) is 0 Å². The van der Waals surface area contributed by atoms with Crippen LogP contribution in [-0.4, -0.2) is 47.4 Å². The molecule has 1 saturated heterocycles. The highest BCUT2D eigenvalue weighted by Gasteiger charge is 2.70. The topological polar surface area (TPSA) is 86.7 Å². The molecule has 8 atom stereocenters. The number of hydrogen-bond donors (Lipinski definition) is 2. The molecule has 0 aromatic heterocycles. The van der Waals surface area contributed by atoms with E-state index in [4.69, 9.17) is 0 Å². The molecule has 1 aromatic rings. The normalized spacial score (nSPS) is 40.5. The van der Waals surface area contributed by atoms with Gasteiger partial charge in [0, 0.05) is 26.1 Å². The van der Waals surface area contributed by atoms with E-state index in [0.29, 0.717) is 48.1 Å². The van der Waals surface area contributed by atoms with Crippen molar-refractivity contribution < 1.29 is 19.5 Å². The summed E-state index contributed by atoms with van der Waals surface area (Å²) in [6.45, 7) is 15.1. The molecule has 0 radical (unpaired) electrons. The molecule has 7 rings (SSSR count). The van der Waals surface area contributed by atoms with Crippen LogP contribution in [-0.2, 0) is 9.59 Å². The van der Waals surface area contributed by atoms with Gasteiger partial charge >= 0.3 is 5.97 Å². The van der Waals surface area contributed by atoms with Crippen molar-refractivity contribution in [2.24, 2.45) is 50.7 Å². The maximum Gasteiger partial charge on any atom is 0.335 e. The lowest BCUT2D eigenvalue weighted by atomic mass is 9.32. The molecule has 2 amide bonds. The van der Waals surface area contributed by atoms with Gasteiger partial charge in [0.15, 0.2) is 0 Å². The molecule has 6 aliphatic rings. The summed E-state index contributed by atoms with van der Waals surface area (Å²) < 4.78 is 0. The Balaban J connectivity index is 1.10. The summed E-state index contributed by atoms with van der Waals surface area (Å²) >= 11 is 0. The van der Waals surface area contributed by atoms with Crippen LogP contribution in [0, 0.1) is 50.7 Å². The van der Waals surface area contributed by atoms with Gasteiger partial charge in [0.05, 0.1) is 11.0 Å². The van der Waals surface area contributed by atoms with Gasteiger partial charge in [0.1, 0.15) is 0 Å². The second-order valence-corrected chi connectivity index (χ2v) is 17.8. The summed E-state index contributed by atoms with van der Waals surface area (Å²) in [7, 11) is 0. The van der Waals surface area contributed by atoms with Gasteiger partial charge in [-0.15, -0.1) is 0 Å². The molecule has 5 aliphatic carbocycles. The van der Waals surface area contributed by atoms with Crippen LogP contribution in [0.15, 0.2) is 30.3 Å². The van der Waals surface area contributed by atoms with E-state index in [1.54, 1.807) is 12.1 Å². The Labute approximate surface area is 282 Å². The van der Waals surface area contributed by atoms with E-state index in [2.05, 4.69) is 46.0 Å². The molecular formula is C41H58N2O4. The van der Waals surface area contributed by atoms with E-state index in [1.807, 2.05) is 17.0 Å². The predicted octanol–water partition coefficient (Wildman–Crippen LogP) is 8.36. The first-order valence-electron chi connectivity index (χ1n) is 18.9. The standard InChI is InChI=1S/C41H58N2O4/c1-37(2)29(27-11-13-28(14-12-27)35(45)46)17-20-38(3)32(37)18-21-40(5)33(38)16-15-30-31-9-6-19-41(31,23-22-39(30,40)4)36(47)42-24-8-26-43-25-7-10-34(43)44/h11-14,17,30-33H,6-10,15-16,18-26H2,1-5H3,(H,42,47)(H,45,46)/t30-,31-,32+,33-,38+,39-,40-,41+/m1/s1. The molecule has 6 heteroatoms. The van der Waals surface area contributed by atoms with Crippen LogP contribution >= 0.6 is 0 Å². The van der Waals surface area contributed by atoms with Crippen LogP contribution in [0.1, 0.15) is 134 Å². The summed E-state index contributed by atoms with van der Waals surface area (Å²) in [5.41, 5.74) is 3.39. The number of carboxylic acid groups (broad SMARTS) is 1. The van der Waals surface area contributed by atoms with Gasteiger partial charge in [-0.05, 0) is 139 Å². The highest BCUT2D eigenvalue weighted by atomic mass is 16.4. The molecule has 47 heavy (non-hydrogen) atoms. The van der Waals surface area contributed by atoms with E-state index in [-0.39, 0.29) is 33.0 Å². The number of benzene rings is 1. The predicted molar refractivity (Wildman–Crippen MR) is 185 cm³/mol. The molecule has 0 bridgehead atoms. The minimum atomic E-state index is -0.874. The van der Waals surface area contributed by atoms with Crippen LogP contribution in [0.3, 0.4) is 0 Å². The molecule has 0 spiro atoms. The van der Waals surface area contributed by atoms with E-state index in [1.165, 1.54) is 49.7 Å². The average Bonchev–Trinajstić information content (AvgIpc) is 3.66. The number of aromatic carboxylic acids is 1. The second kappa shape index (κ2) is 11.5. The van der Waals surface area contributed by atoms with Gasteiger partial charge in [-0.25, -0.2) is 4.79 Å². The smallest absolute Gasteiger partial charge is 0.335 e. The molecule has 0 unspecified atom stereocenters. The number of rotatable bonds is 7. The number of likely N-dealkylation sites (tertiary alicyclic amines) is 1. The molecule has 1 aromatic carbocycles. The van der Waals surface area contributed by atoms with Crippen LogP contribution in [0.25, 0.3) is 5.57 Å². The fourth-order valence-corrected chi connectivity index (χ4v) is 13.4. The van der Waals surface area contributed by atoms with Crippen LogP contribution in [0.2, 0.25) is 0 Å². The zero-order valence-corrected chi connectivity index (χ0v) is 29.6. The monoisotopic (exact) mass is 642 g/mol. The van der Waals surface area contributed by atoms with E-state index in [0.717, 1.165) is 51.6 Å². The maximum atomic E-state index is 14.1. The number of fused-ring (bicyclic) bond motifs is 7. The van der Waals surface area contributed by atoms with E-state index in [9.17, 15) is 19.5 Å². The fourth-order valence-electron chi connectivity index (χ4n) is 13.4. The first kappa shape index (κ1) is 32.9. The summed E-state index contributed by atoms with van der Waals surface area (Å²) in [6.07, 6.45) is 16.6. The molecule has 1 aliphatic heterocycles. The maximum absolute atomic E-state index is 14.1. The van der Waals surface area contributed by atoms with Gasteiger partial charge in [0.2, 0.25) is 11.8 Å². The number of nitrogens with zero attached hydrogens (tertiary/aromatic N) is 1. The zero-order valence-electron chi connectivity index (χ0n) is 29.6. The summed E-state index contributed by atoms with van der Waals surface area (Å²) in [5, 5.41) is 12.8. The summed E-state index contributed by atoms with van der Waals surface area (Å²) in [4.78, 5) is 39.6. The molecule has 1 heterocycles. The minimum absolute atomic E-state index is 0.00412. The van der Waals surface area contributed by atoms with E-state index < -0.39 is 5.97 Å². The summed E-state index contributed by atoms with van der Waals surface area (Å²) in [5.74, 6) is 2.00. The lowest BCUT2D eigenvalue weighted by molar-refractivity contribution is -0.222. The Kier molecular flexibility index (Phi) is 8.03. The number of nitrogens with one attached hydrogen (secondary N) is 1. The number of amides is 2. The van der Waals surface area contributed by atoms with Crippen LogP contribution in [0.4, 0.5) is 0 Å². The van der Waals surface area contributed by atoms with Crippen molar-refractivity contribution in [1.82, 2.24) is 10.2 Å². The molecule has 5 fully saturated rings. The van der Waals surface area contributed by atoms with Gasteiger partial charge in [0.25, 0.3) is 0 Å². The van der Waals surface area contributed by atoms with E-state index >= 15 is 0 Å². The highest BCUT2D eigenvalue weighted by molar-refractivity contribution is 5.88. The third kappa shape index (κ3) is 4.80. The van der Waals surface area contributed by atoms with Crippen molar-refractivity contribution in [3.8, 4) is 0 Å². The number of carbonyl (C=O) groups is 3. The van der Waals surface area contributed by atoms with Crippen molar-refractivity contribution in [3.05, 3.63) is 41.5 Å². The lowest BCUT2D eigenvalue weighted by Gasteiger charge is -2.72. The zero-order chi connectivity index (χ0) is 33.4. The van der Waals surface area contributed by atoms with Crippen molar-refractivity contribution >= 4 is 23.4 Å². The highest BCUT2D eigenvalue weighted by Crippen LogP contribution is 2.77. The second-order valence-electron chi connectivity index (χ2n) is 17.8. The Bertz CT molecular complexity index is 1460. The van der Waals surface area contributed by atoms with Gasteiger partial charge in [-0.2, -0.15) is 0 Å². The lowest BCUT2D eigenvalue weighted by Crippen LogP contribution is -2.65. The van der Waals surface area contributed by atoms with Crippen LogP contribution < -0.4 is 5.32 Å². The Morgan fingerprint density at radius 1 is 0.872 bits per heavy atom. The fraction of sp³-hybridized carbons (Fsp3) is 0.732. The summed E-state index contributed by atoms with van der Waals surface area (Å²) in [6, 6.07) is 7.54. The Hall–Kier alpha value is -2.63. The number of carboxylic acids is 1. The Morgan fingerprint density at radius 2 is 1.64 bits per heavy atom. The molecule has 2 N–H and O–H groups in total. The van der Waals surface area contributed by atoms with Crippen molar-refractivity contribution in [2.75, 3.05) is 19.6 Å². The van der Waals surface area contributed by atoms with Crippen molar-refractivity contribution in [2.45, 2.75) is 118 Å². The first-order chi connectivity index (χ1) is 22.3. The minimum Gasteiger partial charge on any atom is -0.478 e. The number of hydrogen-bond acceptors (Lipinski definition) is 3. The van der Waals surface area contributed by atoms with Gasteiger partial charge < -0.3 is 15.3 Å². The average molecular weight is 643 g/mol. The SMILES string of the molecule is CC1(C)C(c2ccc(C(=O)O)cc2)=CC[C@]2(C)[C@H]3CC[C@@H]4[C@H]5CCC[C@]5(C(=O)NCCCN5CCCC5=O)CC[C@@]4(C)[C@]3(C)CC[C@@H]12. The molecule has 6 nitrogen and oxygen atoms in total. The van der Waals surface area contributed by atoms with Crippen molar-refractivity contribution in [3.63, 3.8) is 0 Å². The van der Waals surface area contributed by atoms with Gasteiger partial charge in [-0.3, -0.25) is 9.59 Å². The largest absolute Gasteiger partial charge is 0.478 e. The van der Waals surface area contributed by atoms with Gasteiger partial charge in [-0.1, -0.05) is 59.2 Å². The third-order valence-electron chi connectivity index (χ3n) is 15.9. The Morgan fingerprint density at radius 3 is 2.34 bits per heavy atom. The van der Waals surface area contributed by atoms with Crippen molar-refractivity contribution in [1.29, 1.82) is 0 Å². The number of carbonyl (C=O) groups excluding carboxylic acids is 2. The molecule has 256 valence electrons. The first-order valence-corrected chi connectivity index (χ1v) is 18.9. The third-order valence-corrected chi connectivity index (χ3v) is 15.9. The quantitative estimate of drug-likeness (QED) is 0.293.